The third-order valence-electron chi connectivity index (χ3n) is 5.24. The average molecular weight is 443 g/mol. The second kappa shape index (κ2) is 9.12. The van der Waals surface area contributed by atoms with E-state index in [1.807, 2.05) is 36.1 Å². The normalized spacial score (nSPS) is 14.8. The molecule has 2 aromatic carbocycles. The number of para-hydroxylation sites is 1. The highest BCUT2D eigenvalue weighted by atomic mass is 35.5. The van der Waals surface area contributed by atoms with E-state index < -0.39 is 0 Å². The van der Waals surface area contributed by atoms with Gasteiger partial charge in [-0.15, -0.1) is 0 Å². The fraction of sp³-hybridized carbons (Fsp3) is 0.318. The van der Waals surface area contributed by atoms with Crippen molar-refractivity contribution in [2.24, 2.45) is 0 Å². The minimum absolute atomic E-state index is 0.00213. The van der Waals surface area contributed by atoms with E-state index in [-0.39, 0.29) is 11.8 Å². The summed E-state index contributed by atoms with van der Waals surface area (Å²) in [6.45, 7) is 5.40. The number of fused-ring (bicyclic) bond motifs is 1. The zero-order valence-electron chi connectivity index (χ0n) is 16.8. The number of hydrogen-bond acceptors (Lipinski definition) is 5. The van der Waals surface area contributed by atoms with Crippen LogP contribution in [0.2, 0.25) is 5.02 Å². The van der Waals surface area contributed by atoms with E-state index in [0.29, 0.717) is 49.9 Å². The monoisotopic (exact) mass is 442 g/mol. The molecule has 0 aliphatic carbocycles. The number of aromatic nitrogens is 1. The smallest absolute Gasteiger partial charge is 0.253 e. The van der Waals surface area contributed by atoms with E-state index in [4.69, 9.17) is 11.6 Å². The van der Waals surface area contributed by atoms with Crippen molar-refractivity contribution < 1.29 is 9.59 Å². The molecule has 1 aromatic heterocycles. The Morgan fingerprint density at radius 1 is 1.07 bits per heavy atom. The molecule has 1 aliphatic heterocycles. The van der Waals surface area contributed by atoms with Gasteiger partial charge in [-0.3, -0.25) is 19.4 Å². The van der Waals surface area contributed by atoms with Crippen molar-refractivity contribution in [3.63, 3.8) is 0 Å². The van der Waals surface area contributed by atoms with Crippen LogP contribution in [0.5, 0.6) is 0 Å². The van der Waals surface area contributed by atoms with Crippen LogP contribution in [-0.4, -0.2) is 65.9 Å². The van der Waals surface area contributed by atoms with Crippen LogP contribution in [0.1, 0.15) is 17.3 Å². The van der Waals surface area contributed by atoms with Crippen molar-refractivity contribution in [2.75, 3.05) is 44.2 Å². The van der Waals surface area contributed by atoms with Crippen molar-refractivity contribution >= 4 is 50.1 Å². The van der Waals surface area contributed by atoms with Gasteiger partial charge >= 0.3 is 0 Å². The second-order valence-electron chi connectivity index (χ2n) is 7.18. The number of carbonyl (C=O) groups is 2. The van der Waals surface area contributed by atoms with Crippen LogP contribution < -0.4 is 4.90 Å². The molecule has 1 fully saturated rings. The Morgan fingerprint density at radius 2 is 1.77 bits per heavy atom. The molecular formula is C22H23ClN4O2S. The number of hydrogen-bond donors (Lipinski definition) is 0. The molecule has 0 N–H and O–H groups in total. The number of carbonyl (C=O) groups excluding carboxylic acids is 2. The summed E-state index contributed by atoms with van der Waals surface area (Å²) in [5.41, 5.74) is 1.55. The van der Waals surface area contributed by atoms with Crippen molar-refractivity contribution in [1.82, 2.24) is 14.8 Å². The highest BCUT2D eigenvalue weighted by molar-refractivity contribution is 7.22. The number of anilines is 1. The summed E-state index contributed by atoms with van der Waals surface area (Å²) in [6, 6.07) is 14.9. The van der Waals surface area contributed by atoms with Gasteiger partial charge in [0.15, 0.2) is 5.13 Å². The quantitative estimate of drug-likeness (QED) is 0.603. The highest BCUT2D eigenvalue weighted by Gasteiger charge is 2.26. The molecule has 0 spiro atoms. The van der Waals surface area contributed by atoms with E-state index in [2.05, 4.69) is 9.88 Å². The van der Waals surface area contributed by atoms with Crippen molar-refractivity contribution in [2.45, 2.75) is 6.92 Å². The summed E-state index contributed by atoms with van der Waals surface area (Å²) >= 11 is 7.44. The molecule has 0 saturated carbocycles. The first kappa shape index (κ1) is 20.8. The fourth-order valence-corrected chi connectivity index (χ4v) is 4.73. The summed E-state index contributed by atoms with van der Waals surface area (Å²) < 4.78 is 1.08. The van der Waals surface area contributed by atoms with E-state index >= 15 is 0 Å². The van der Waals surface area contributed by atoms with Gasteiger partial charge in [-0.2, -0.15) is 0 Å². The standard InChI is InChI=1S/C22H23ClN4O2S/c1-2-27(22-24-18-5-3-4-6-19(18)30-22)20(28)15-25-11-13-26(14-12-25)21(29)16-7-9-17(23)10-8-16/h3-10H,2,11-15H2,1H3. The molecule has 0 bridgehead atoms. The maximum Gasteiger partial charge on any atom is 0.253 e. The number of nitrogens with zero attached hydrogens (tertiary/aromatic N) is 4. The first-order valence-corrected chi connectivity index (χ1v) is 11.2. The first-order valence-electron chi connectivity index (χ1n) is 9.98. The van der Waals surface area contributed by atoms with Crippen LogP contribution in [0.4, 0.5) is 5.13 Å². The third-order valence-corrected chi connectivity index (χ3v) is 6.55. The summed E-state index contributed by atoms with van der Waals surface area (Å²) in [5, 5.41) is 1.35. The summed E-state index contributed by atoms with van der Waals surface area (Å²) in [5.74, 6) is 0.0383. The molecule has 1 saturated heterocycles. The number of halogens is 1. The van der Waals surface area contributed by atoms with Crippen molar-refractivity contribution in [1.29, 1.82) is 0 Å². The number of amides is 2. The van der Waals surface area contributed by atoms with Gasteiger partial charge in [0.25, 0.3) is 5.91 Å². The zero-order valence-corrected chi connectivity index (χ0v) is 18.3. The minimum atomic E-state index is 0.00213. The molecule has 8 heteroatoms. The van der Waals surface area contributed by atoms with E-state index in [1.54, 1.807) is 29.2 Å². The second-order valence-corrected chi connectivity index (χ2v) is 8.62. The lowest BCUT2D eigenvalue weighted by atomic mass is 10.2. The molecular weight excluding hydrogens is 420 g/mol. The summed E-state index contributed by atoms with van der Waals surface area (Å²) in [7, 11) is 0. The lowest BCUT2D eigenvalue weighted by molar-refractivity contribution is -0.120. The van der Waals surface area contributed by atoms with Crippen LogP contribution in [0.3, 0.4) is 0 Å². The van der Waals surface area contributed by atoms with Crippen LogP contribution in [0.25, 0.3) is 10.2 Å². The lowest BCUT2D eigenvalue weighted by Crippen LogP contribution is -2.51. The number of likely N-dealkylation sites (N-methyl/N-ethyl adjacent to an activating group) is 1. The van der Waals surface area contributed by atoms with Crippen molar-refractivity contribution in [3.8, 4) is 0 Å². The summed E-state index contributed by atoms with van der Waals surface area (Å²) in [6.07, 6.45) is 0. The fourth-order valence-electron chi connectivity index (χ4n) is 3.55. The predicted octanol–water partition coefficient (Wildman–Crippen LogP) is 3.76. The van der Waals surface area contributed by atoms with Gasteiger partial charge in [0.05, 0.1) is 16.8 Å². The SMILES string of the molecule is CCN(C(=O)CN1CCN(C(=O)c2ccc(Cl)cc2)CC1)c1nc2ccccc2s1. The number of benzene rings is 2. The van der Waals surface area contributed by atoms with Gasteiger partial charge in [-0.25, -0.2) is 4.98 Å². The Kier molecular flexibility index (Phi) is 6.32. The molecule has 1 aliphatic rings. The first-order chi connectivity index (χ1) is 14.5. The molecule has 2 amide bonds. The van der Waals surface area contributed by atoms with E-state index in [1.165, 1.54) is 11.3 Å². The third kappa shape index (κ3) is 4.48. The number of rotatable bonds is 5. The lowest BCUT2D eigenvalue weighted by Gasteiger charge is -2.35. The Hall–Kier alpha value is -2.48. The van der Waals surface area contributed by atoms with Gasteiger partial charge in [-0.1, -0.05) is 35.1 Å². The van der Waals surface area contributed by atoms with Gasteiger partial charge in [0.2, 0.25) is 5.91 Å². The molecule has 0 unspecified atom stereocenters. The summed E-state index contributed by atoms with van der Waals surface area (Å²) in [4.78, 5) is 35.9. The molecule has 0 radical (unpaired) electrons. The zero-order chi connectivity index (χ0) is 21.1. The predicted molar refractivity (Wildman–Crippen MR) is 121 cm³/mol. The maximum absolute atomic E-state index is 12.9. The van der Waals surface area contributed by atoms with Gasteiger partial charge in [0.1, 0.15) is 0 Å². The average Bonchev–Trinajstić information content (AvgIpc) is 3.18. The minimum Gasteiger partial charge on any atom is -0.336 e. The Morgan fingerprint density at radius 3 is 2.43 bits per heavy atom. The molecule has 156 valence electrons. The largest absolute Gasteiger partial charge is 0.336 e. The molecule has 2 heterocycles. The van der Waals surface area contributed by atoms with Gasteiger partial charge in [0, 0.05) is 43.3 Å². The Labute approximate surface area is 184 Å². The van der Waals surface area contributed by atoms with E-state index in [9.17, 15) is 9.59 Å². The van der Waals surface area contributed by atoms with Crippen LogP contribution >= 0.6 is 22.9 Å². The van der Waals surface area contributed by atoms with Crippen molar-refractivity contribution in [3.05, 3.63) is 59.1 Å². The van der Waals surface area contributed by atoms with Gasteiger partial charge < -0.3 is 4.90 Å². The number of thiazole rings is 1. The van der Waals surface area contributed by atoms with Gasteiger partial charge in [-0.05, 0) is 43.3 Å². The number of piperazine rings is 1. The van der Waals surface area contributed by atoms with Crippen LogP contribution in [0, 0.1) is 0 Å². The van der Waals surface area contributed by atoms with Crippen LogP contribution in [0.15, 0.2) is 48.5 Å². The van der Waals surface area contributed by atoms with Crippen LogP contribution in [-0.2, 0) is 4.79 Å². The highest BCUT2D eigenvalue weighted by Crippen LogP contribution is 2.28. The van der Waals surface area contributed by atoms with E-state index in [0.717, 1.165) is 15.3 Å². The molecule has 30 heavy (non-hydrogen) atoms. The molecule has 0 atom stereocenters. The molecule has 4 rings (SSSR count). The maximum atomic E-state index is 12.9. The molecule has 3 aromatic rings. The molecule has 6 nitrogen and oxygen atoms in total. The Balaban J connectivity index is 1.35. The topological polar surface area (TPSA) is 56.8 Å². The Bertz CT molecular complexity index is 1010.